The van der Waals surface area contributed by atoms with Crippen LogP contribution in [-0.4, -0.2) is 58.5 Å². The van der Waals surface area contributed by atoms with Crippen LogP contribution in [0.4, 0.5) is 13.2 Å². The number of likely N-dealkylation sites (tertiary alicyclic amines) is 1. The highest BCUT2D eigenvalue weighted by Gasteiger charge is 2.40. The lowest BCUT2D eigenvalue weighted by Gasteiger charge is -2.48. The number of amides is 2. The summed E-state index contributed by atoms with van der Waals surface area (Å²) in [6, 6.07) is 8.21. The van der Waals surface area contributed by atoms with Crippen molar-refractivity contribution in [2.45, 2.75) is 56.5 Å². The van der Waals surface area contributed by atoms with E-state index in [0.29, 0.717) is 32.0 Å². The smallest absolute Gasteiger partial charge is 0.385 e. The quantitative estimate of drug-likeness (QED) is 0.579. The van der Waals surface area contributed by atoms with E-state index >= 15 is 0 Å². The number of rotatable bonds is 6. The molecule has 0 radical (unpaired) electrons. The van der Waals surface area contributed by atoms with Crippen molar-refractivity contribution in [3.63, 3.8) is 0 Å². The molecule has 3 N–H and O–H groups in total. The van der Waals surface area contributed by atoms with Crippen LogP contribution < -0.4 is 10.6 Å². The number of nitrogens with one attached hydrogen (secondary N) is 2. The van der Waals surface area contributed by atoms with Gasteiger partial charge in [-0.05, 0) is 56.9 Å². The number of carbonyl (C=O) groups excluding carboxylic acids is 2. The highest BCUT2D eigenvalue weighted by molar-refractivity contribution is 5.96. The molecule has 2 aromatic rings. The van der Waals surface area contributed by atoms with E-state index in [0.717, 1.165) is 42.3 Å². The minimum Gasteiger partial charge on any atom is -0.385 e. The average Bonchev–Trinajstić information content (AvgIpc) is 2.80. The molecule has 188 valence electrons. The first-order chi connectivity index (χ1) is 16.5. The fourth-order valence-corrected chi connectivity index (χ4v) is 4.76. The highest BCUT2D eigenvalue weighted by atomic mass is 19.4. The van der Waals surface area contributed by atoms with Crippen LogP contribution in [0.5, 0.6) is 0 Å². The summed E-state index contributed by atoms with van der Waals surface area (Å²) in [5.74, 6) is -1.13. The normalized spacial score (nSPS) is 23.4. The van der Waals surface area contributed by atoms with Crippen LogP contribution >= 0.6 is 0 Å². The molecule has 10 heteroatoms. The number of aromatic nitrogens is 1. The molecule has 1 saturated heterocycles. The van der Waals surface area contributed by atoms with Crippen molar-refractivity contribution >= 4 is 11.8 Å². The Bertz CT molecular complexity index is 1060. The number of hydrogen-bond donors (Lipinski definition) is 3. The monoisotopic (exact) mass is 490 g/mol. The standard InChI is InChI=1S/C25H29F3N4O3/c1-16-5-6-19(12-29-16)24(35)9-7-21(8-10-24)32-14-20(15-32)31-22(33)13-30-23(34)17-3-2-4-18(11-17)25(26,27)28/h2-6,11-12,20-21,35H,7-10,13-15H2,1H3,(H,30,34)(H,31,33). The van der Waals surface area contributed by atoms with Gasteiger partial charge in [-0.3, -0.25) is 19.5 Å². The van der Waals surface area contributed by atoms with E-state index in [2.05, 4.69) is 20.5 Å². The molecule has 0 spiro atoms. The van der Waals surface area contributed by atoms with E-state index in [1.54, 1.807) is 6.20 Å². The predicted molar refractivity (Wildman–Crippen MR) is 122 cm³/mol. The van der Waals surface area contributed by atoms with Gasteiger partial charge in [0.05, 0.1) is 23.8 Å². The number of pyridine rings is 1. The molecule has 0 atom stereocenters. The lowest BCUT2D eigenvalue weighted by atomic mass is 9.77. The molecule has 2 heterocycles. The Balaban J connectivity index is 1.18. The molecule has 7 nitrogen and oxygen atoms in total. The van der Waals surface area contributed by atoms with Crippen molar-refractivity contribution in [1.82, 2.24) is 20.5 Å². The number of carbonyl (C=O) groups is 2. The number of aryl methyl sites for hydroxylation is 1. The van der Waals surface area contributed by atoms with E-state index in [-0.39, 0.29) is 24.1 Å². The first-order valence-electron chi connectivity index (χ1n) is 11.7. The number of halogens is 3. The summed E-state index contributed by atoms with van der Waals surface area (Å²) in [6.07, 6.45) is 0.195. The minimum atomic E-state index is -4.54. The van der Waals surface area contributed by atoms with Crippen molar-refractivity contribution in [2.75, 3.05) is 19.6 Å². The van der Waals surface area contributed by atoms with Crippen LogP contribution in [0.15, 0.2) is 42.6 Å². The van der Waals surface area contributed by atoms with Crippen LogP contribution in [0.3, 0.4) is 0 Å². The van der Waals surface area contributed by atoms with E-state index in [1.807, 2.05) is 19.1 Å². The maximum absolute atomic E-state index is 12.8. The topological polar surface area (TPSA) is 94.6 Å². The van der Waals surface area contributed by atoms with E-state index in [1.165, 1.54) is 6.07 Å². The maximum Gasteiger partial charge on any atom is 0.416 e. The Hall–Kier alpha value is -2.98. The van der Waals surface area contributed by atoms with Crippen LogP contribution in [0.2, 0.25) is 0 Å². The van der Waals surface area contributed by atoms with Gasteiger partial charge in [0, 0.05) is 42.1 Å². The summed E-state index contributed by atoms with van der Waals surface area (Å²) < 4.78 is 38.4. The Morgan fingerprint density at radius 2 is 1.89 bits per heavy atom. The number of aliphatic hydroxyl groups is 1. The van der Waals surface area contributed by atoms with Crippen LogP contribution in [0.1, 0.15) is 52.9 Å². The summed E-state index contributed by atoms with van der Waals surface area (Å²) in [4.78, 5) is 30.9. The summed E-state index contributed by atoms with van der Waals surface area (Å²) in [5, 5.41) is 16.2. The Morgan fingerprint density at radius 1 is 1.17 bits per heavy atom. The lowest BCUT2D eigenvalue weighted by molar-refractivity contribution is -0.137. The first-order valence-corrected chi connectivity index (χ1v) is 11.7. The van der Waals surface area contributed by atoms with Crippen molar-refractivity contribution in [2.24, 2.45) is 0 Å². The van der Waals surface area contributed by atoms with E-state index < -0.39 is 23.2 Å². The second-order valence-corrected chi connectivity index (χ2v) is 9.43. The van der Waals surface area contributed by atoms with Gasteiger partial charge < -0.3 is 15.7 Å². The Labute approximate surface area is 201 Å². The zero-order valence-electron chi connectivity index (χ0n) is 19.4. The molecule has 0 bridgehead atoms. The number of benzene rings is 1. The van der Waals surface area contributed by atoms with Crippen molar-refractivity contribution in [3.05, 3.63) is 65.0 Å². The van der Waals surface area contributed by atoms with Gasteiger partial charge in [0.15, 0.2) is 0 Å². The average molecular weight is 491 g/mol. The van der Waals surface area contributed by atoms with Crippen molar-refractivity contribution in [3.8, 4) is 0 Å². The van der Waals surface area contributed by atoms with E-state index in [4.69, 9.17) is 0 Å². The third-order valence-corrected chi connectivity index (χ3v) is 6.88. The molecule has 2 fully saturated rings. The summed E-state index contributed by atoms with van der Waals surface area (Å²) in [5.41, 5.74) is -0.160. The molecule has 2 amide bonds. The van der Waals surface area contributed by atoms with Crippen LogP contribution in [0.25, 0.3) is 0 Å². The van der Waals surface area contributed by atoms with Crippen molar-refractivity contribution in [1.29, 1.82) is 0 Å². The largest absolute Gasteiger partial charge is 0.416 e. The zero-order chi connectivity index (χ0) is 25.2. The molecule has 4 rings (SSSR count). The van der Waals surface area contributed by atoms with Gasteiger partial charge in [0.1, 0.15) is 0 Å². The van der Waals surface area contributed by atoms with Gasteiger partial charge in [0.2, 0.25) is 5.91 Å². The number of alkyl halides is 3. The van der Waals surface area contributed by atoms with Crippen LogP contribution in [-0.2, 0) is 16.6 Å². The molecule has 2 aliphatic rings. The third kappa shape index (κ3) is 5.99. The molecule has 1 aliphatic heterocycles. The number of hydrogen-bond acceptors (Lipinski definition) is 5. The highest BCUT2D eigenvalue weighted by Crippen LogP contribution is 2.39. The molecular weight excluding hydrogens is 461 g/mol. The SMILES string of the molecule is Cc1ccc(C2(O)CCC(N3CC(NC(=O)CNC(=O)c4cccc(C(F)(F)F)c4)C3)CC2)cn1. The second kappa shape index (κ2) is 9.94. The molecule has 1 aromatic carbocycles. The summed E-state index contributed by atoms with van der Waals surface area (Å²) in [7, 11) is 0. The predicted octanol–water partition coefficient (Wildman–Crippen LogP) is 2.77. The van der Waals surface area contributed by atoms with E-state index in [9.17, 15) is 27.9 Å². The first kappa shape index (κ1) is 25.1. The molecule has 1 saturated carbocycles. The fourth-order valence-electron chi connectivity index (χ4n) is 4.76. The van der Waals surface area contributed by atoms with Gasteiger partial charge in [-0.15, -0.1) is 0 Å². The Morgan fingerprint density at radius 3 is 2.51 bits per heavy atom. The number of nitrogens with zero attached hydrogens (tertiary/aromatic N) is 2. The van der Waals surface area contributed by atoms with Gasteiger partial charge >= 0.3 is 6.18 Å². The summed E-state index contributed by atoms with van der Waals surface area (Å²) in [6.45, 7) is 2.96. The van der Waals surface area contributed by atoms with Gasteiger partial charge in [-0.25, -0.2) is 0 Å². The van der Waals surface area contributed by atoms with Crippen LogP contribution in [0, 0.1) is 6.92 Å². The van der Waals surface area contributed by atoms with Gasteiger partial charge in [0.25, 0.3) is 5.91 Å². The van der Waals surface area contributed by atoms with Crippen molar-refractivity contribution < 1.29 is 27.9 Å². The van der Waals surface area contributed by atoms with Gasteiger partial charge in [-0.2, -0.15) is 13.2 Å². The molecule has 35 heavy (non-hydrogen) atoms. The molecule has 1 aromatic heterocycles. The fraction of sp³-hybridized carbons (Fsp3) is 0.480. The minimum absolute atomic E-state index is 0.0462. The summed E-state index contributed by atoms with van der Waals surface area (Å²) >= 11 is 0. The second-order valence-electron chi connectivity index (χ2n) is 9.43. The Kier molecular flexibility index (Phi) is 7.14. The zero-order valence-corrected chi connectivity index (χ0v) is 19.4. The lowest BCUT2D eigenvalue weighted by Crippen LogP contribution is -2.63. The molecular formula is C25H29F3N4O3. The third-order valence-electron chi connectivity index (χ3n) is 6.88. The maximum atomic E-state index is 12.8. The van der Waals surface area contributed by atoms with Gasteiger partial charge in [-0.1, -0.05) is 12.1 Å². The molecule has 1 aliphatic carbocycles. The molecule has 0 unspecified atom stereocenters.